The van der Waals surface area contributed by atoms with E-state index in [1.165, 1.54) is 0 Å². The van der Waals surface area contributed by atoms with Gasteiger partial charge in [-0.1, -0.05) is 11.3 Å². The molecule has 1 saturated heterocycles. The van der Waals surface area contributed by atoms with Crippen molar-refractivity contribution < 1.29 is 9.53 Å². The van der Waals surface area contributed by atoms with Crippen molar-refractivity contribution in [1.29, 1.82) is 0 Å². The van der Waals surface area contributed by atoms with Gasteiger partial charge in [0, 0.05) is 31.5 Å². The van der Waals surface area contributed by atoms with E-state index in [4.69, 9.17) is 4.74 Å². The number of thiazole rings is 1. The Hall–Kier alpha value is -2.74. The van der Waals surface area contributed by atoms with Crippen LogP contribution in [-0.4, -0.2) is 47.6 Å². The molecule has 0 saturated carbocycles. The van der Waals surface area contributed by atoms with Gasteiger partial charge >= 0.3 is 0 Å². The molecule has 0 bridgehead atoms. The predicted octanol–water partition coefficient (Wildman–Crippen LogP) is 1.95. The lowest BCUT2D eigenvalue weighted by molar-refractivity contribution is -0.117. The number of carbonyl (C=O) groups is 1. The summed E-state index contributed by atoms with van der Waals surface area (Å²) < 4.78 is 6.21. The van der Waals surface area contributed by atoms with E-state index in [1.54, 1.807) is 48.0 Å². The summed E-state index contributed by atoms with van der Waals surface area (Å²) in [5.41, 5.74) is 1.67. The first-order valence-electron chi connectivity index (χ1n) is 7.50. The van der Waals surface area contributed by atoms with Crippen LogP contribution < -0.4 is 14.5 Å². The minimum atomic E-state index is 0.0342. The molecule has 122 valence electrons. The van der Waals surface area contributed by atoms with Crippen molar-refractivity contribution in [2.75, 3.05) is 36.5 Å². The lowest BCUT2D eigenvalue weighted by atomic mass is 10.2. The Morgan fingerprint density at radius 1 is 1.25 bits per heavy atom. The minimum Gasteiger partial charge on any atom is -0.481 e. The summed E-state index contributed by atoms with van der Waals surface area (Å²) in [5.74, 6) is 0.535. The monoisotopic (exact) mass is 341 g/mol. The van der Waals surface area contributed by atoms with Crippen molar-refractivity contribution in [3.8, 4) is 5.88 Å². The molecule has 0 unspecified atom stereocenters. The van der Waals surface area contributed by atoms with Crippen LogP contribution in [0.4, 0.5) is 10.8 Å². The SMILES string of the molecule is COc1cc(N2CCN(c3nc4cnccc4s3)CC2=O)ccn1. The Morgan fingerprint density at radius 3 is 2.96 bits per heavy atom. The predicted molar refractivity (Wildman–Crippen MR) is 92.8 cm³/mol. The molecule has 0 aliphatic carbocycles. The van der Waals surface area contributed by atoms with Gasteiger partial charge in [-0.3, -0.25) is 9.78 Å². The Morgan fingerprint density at radius 2 is 2.17 bits per heavy atom. The number of aromatic nitrogens is 3. The van der Waals surface area contributed by atoms with Gasteiger partial charge in [-0.15, -0.1) is 0 Å². The fourth-order valence-corrected chi connectivity index (χ4v) is 3.65. The zero-order chi connectivity index (χ0) is 16.5. The largest absolute Gasteiger partial charge is 0.481 e. The van der Waals surface area contributed by atoms with Crippen LogP contribution in [0.1, 0.15) is 0 Å². The molecule has 1 aliphatic rings. The molecular formula is C16H15N5O2S. The standard InChI is InChI=1S/C16H15N5O2S/c1-23-14-8-11(2-5-18-14)21-7-6-20(10-15(21)22)16-19-12-9-17-4-3-13(12)24-16/h2-5,8-9H,6-7,10H2,1H3. The second-order valence-corrected chi connectivity index (χ2v) is 6.37. The number of fused-ring (bicyclic) bond motifs is 1. The maximum atomic E-state index is 12.6. The van der Waals surface area contributed by atoms with Crippen LogP contribution in [0.2, 0.25) is 0 Å². The molecule has 1 aliphatic heterocycles. The molecule has 0 atom stereocenters. The second-order valence-electron chi connectivity index (χ2n) is 5.36. The quantitative estimate of drug-likeness (QED) is 0.725. The van der Waals surface area contributed by atoms with Gasteiger partial charge in [0.05, 0.1) is 30.2 Å². The fraction of sp³-hybridized carbons (Fsp3) is 0.250. The van der Waals surface area contributed by atoms with Crippen molar-refractivity contribution in [3.63, 3.8) is 0 Å². The third kappa shape index (κ3) is 2.65. The highest BCUT2D eigenvalue weighted by molar-refractivity contribution is 7.22. The van der Waals surface area contributed by atoms with Gasteiger partial charge in [0.2, 0.25) is 11.8 Å². The number of rotatable bonds is 3. The first-order chi connectivity index (χ1) is 11.7. The number of amides is 1. The number of anilines is 2. The zero-order valence-electron chi connectivity index (χ0n) is 13.0. The Labute approximate surface area is 142 Å². The zero-order valence-corrected chi connectivity index (χ0v) is 13.9. The van der Waals surface area contributed by atoms with Crippen LogP contribution in [0.25, 0.3) is 10.2 Å². The third-order valence-corrected chi connectivity index (χ3v) is 5.01. The second kappa shape index (κ2) is 6.04. The van der Waals surface area contributed by atoms with E-state index >= 15 is 0 Å². The highest BCUT2D eigenvalue weighted by Gasteiger charge is 2.27. The summed E-state index contributed by atoms with van der Waals surface area (Å²) in [7, 11) is 1.56. The van der Waals surface area contributed by atoms with Crippen LogP contribution in [0.15, 0.2) is 36.8 Å². The number of nitrogens with zero attached hydrogens (tertiary/aromatic N) is 5. The average molecular weight is 341 g/mol. The van der Waals surface area contributed by atoms with Crippen LogP contribution in [-0.2, 0) is 4.79 Å². The summed E-state index contributed by atoms with van der Waals surface area (Å²) >= 11 is 1.58. The maximum absolute atomic E-state index is 12.6. The minimum absolute atomic E-state index is 0.0342. The molecule has 0 radical (unpaired) electrons. The fourth-order valence-electron chi connectivity index (χ4n) is 2.69. The molecule has 8 heteroatoms. The van der Waals surface area contributed by atoms with Crippen molar-refractivity contribution >= 4 is 38.3 Å². The molecule has 0 spiro atoms. The Kier molecular flexibility index (Phi) is 3.73. The number of methoxy groups -OCH3 is 1. The van der Waals surface area contributed by atoms with Crippen molar-refractivity contribution in [3.05, 3.63) is 36.8 Å². The maximum Gasteiger partial charge on any atom is 0.246 e. The van der Waals surface area contributed by atoms with Gasteiger partial charge < -0.3 is 14.5 Å². The lowest BCUT2D eigenvalue weighted by Crippen LogP contribution is -2.50. The highest BCUT2D eigenvalue weighted by Crippen LogP contribution is 2.29. The Bertz CT molecular complexity index is 864. The summed E-state index contributed by atoms with van der Waals surface area (Å²) in [4.78, 5) is 29.1. The topological polar surface area (TPSA) is 71.5 Å². The molecule has 0 N–H and O–H groups in total. The summed E-state index contributed by atoms with van der Waals surface area (Å²) in [6.07, 6.45) is 5.15. The van der Waals surface area contributed by atoms with E-state index < -0.39 is 0 Å². The molecular weight excluding hydrogens is 326 g/mol. The van der Waals surface area contributed by atoms with Crippen molar-refractivity contribution in [1.82, 2.24) is 15.0 Å². The van der Waals surface area contributed by atoms with E-state index in [0.29, 0.717) is 19.0 Å². The van der Waals surface area contributed by atoms with E-state index in [1.807, 2.05) is 17.0 Å². The third-order valence-electron chi connectivity index (χ3n) is 3.91. The van der Waals surface area contributed by atoms with Crippen molar-refractivity contribution in [2.24, 2.45) is 0 Å². The van der Waals surface area contributed by atoms with Crippen LogP contribution in [0, 0.1) is 0 Å². The van der Waals surface area contributed by atoms with Gasteiger partial charge in [-0.2, -0.15) is 0 Å². The molecule has 4 rings (SSSR count). The first-order valence-corrected chi connectivity index (χ1v) is 8.32. The summed E-state index contributed by atoms with van der Waals surface area (Å²) in [6, 6.07) is 5.54. The number of piperazine rings is 1. The molecule has 24 heavy (non-hydrogen) atoms. The Balaban J connectivity index is 1.54. The summed E-state index contributed by atoms with van der Waals surface area (Å²) in [6.45, 7) is 1.63. The van der Waals surface area contributed by atoms with Gasteiger partial charge in [-0.25, -0.2) is 9.97 Å². The lowest BCUT2D eigenvalue weighted by Gasteiger charge is -2.34. The summed E-state index contributed by atoms with van der Waals surface area (Å²) in [5, 5.41) is 0.860. The van der Waals surface area contributed by atoms with E-state index in [9.17, 15) is 4.79 Å². The van der Waals surface area contributed by atoms with E-state index in [-0.39, 0.29) is 5.91 Å². The van der Waals surface area contributed by atoms with E-state index in [0.717, 1.165) is 27.6 Å². The normalized spacial score (nSPS) is 15.1. The molecule has 1 amide bonds. The molecule has 3 aromatic rings. The van der Waals surface area contributed by atoms with Gasteiger partial charge in [0.1, 0.15) is 5.52 Å². The number of ether oxygens (including phenoxy) is 1. The highest BCUT2D eigenvalue weighted by atomic mass is 32.1. The molecule has 1 fully saturated rings. The van der Waals surface area contributed by atoms with Crippen molar-refractivity contribution in [2.45, 2.75) is 0 Å². The van der Waals surface area contributed by atoms with E-state index in [2.05, 4.69) is 15.0 Å². The van der Waals surface area contributed by atoms with Crippen LogP contribution in [0.5, 0.6) is 5.88 Å². The first kappa shape index (κ1) is 14.8. The number of pyridine rings is 2. The smallest absolute Gasteiger partial charge is 0.246 e. The molecule has 7 nitrogen and oxygen atoms in total. The molecule has 4 heterocycles. The van der Waals surface area contributed by atoms with Crippen LogP contribution in [0.3, 0.4) is 0 Å². The molecule has 0 aromatic carbocycles. The van der Waals surface area contributed by atoms with Gasteiger partial charge in [-0.05, 0) is 12.1 Å². The van der Waals surface area contributed by atoms with Gasteiger partial charge in [0.15, 0.2) is 5.13 Å². The average Bonchev–Trinajstić information content (AvgIpc) is 3.06. The molecule has 3 aromatic heterocycles. The van der Waals surface area contributed by atoms with Gasteiger partial charge in [0.25, 0.3) is 0 Å². The number of hydrogen-bond acceptors (Lipinski definition) is 7. The number of hydrogen-bond donors (Lipinski definition) is 0. The number of carbonyl (C=O) groups excluding carboxylic acids is 1. The van der Waals surface area contributed by atoms with Crippen LogP contribution >= 0.6 is 11.3 Å².